The van der Waals surface area contributed by atoms with Crippen molar-refractivity contribution in [3.05, 3.63) is 59.7 Å². The zero-order valence-electron chi connectivity index (χ0n) is 10.5. The maximum Gasteiger partial charge on any atom is 0.320 e. The normalized spacial score (nSPS) is 12.2. The van der Waals surface area contributed by atoms with Crippen LogP contribution in [0, 0.1) is 11.6 Å². The number of rotatable bonds is 4. The Hall–Kier alpha value is -2.27. The number of hydrogen-bond acceptors (Lipinski definition) is 2. The highest BCUT2D eigenvalue weighted by atomic mass is 19.1. The summed E-state index contributed by atoms with van der Waals surface area (Å²) in [6, 6.07) is 9.07. The van der Waals surface area contributed by atoms with Crippen LogP contribution in [0.3, 0.4) is 0 Å². The SMILES string of the molecule is NC(Cc1ccc(-c2ccc(F)cc2F)cc1)C(=O)O. The average molecular weight is 277 g/mol. The summed E-state index contributed by atoms with van der Waals surface area (Å²) in [5, 5.41) is 8.73. The van der Waals surface area contributed by atoms with Gasteiger partial charge in [0.05, 0.1) is 0 Å². The topological polar surface area (TPSA) is 63.3 Å². The molecule has 0 bridgehead atoms. The second kappa shape index (κ2) is 5.79. The van der Waals surface area contributed by atoms with E-state index in [0.29, 0.717) is 11.1 Å². The van der Waals surface area contributed by atoms with Crippen LogP contribution in [-0.4, -0.2) is 17.1 Å². The van der Waals surface area contributed by atoms with Crippen LogP contribution < -0.4 is 5.73 Å². The second-order valence-electron chi connectivity index (χ2n) is 4.47. The molecular formula is C15H13F2NO2. The number of carboxylic acid groups (broad SMARTS) is 1. The molecule has 20 heavy (non-hydrogen) atoms. The summed E-state index contributed by atoms with van der Waals surface area (Å²) < 4.78 is 26.5. The third-order valence-corrected chi connectivity index (χ3v) is 2.97. The molecule has 1 atom stereocenters. The molecule has 0 amide bonds. The molecule has 0 aromatic heterocycles. The van der Waals surface area contributed by atoms with Gasteiger partial charge in [0.25, 0.3) is 0 Å². The summed E-state index contributed by atoms with van der Waals surface area (Å²) >= 11 is 0. The Kier molecular flexibility index (Phi) is 4.10. The number of halogens is 2. The van der Waals surface area contributed by atoms with Crippen molar-refractivity contribution in [1.29, 1.82) is 0 Å². The Bertz CT molecular complexity index is 626. The van der Waals surface area contributed by atoms with E-state index in [2.05, 4.69) is 0 Å². The standard InChI is InChI=1S/C15H13F2NO2/c16-11-5-6-12(13(17)8-11)10-3-1-9(2-4-10)7-14(18)15(19)20/h1-6,8,14H,7,18H2,(H,19,20). The van der Waals surface area contributed by atoms with E-state index < -0.39 is 23.6 Å². The summed E-state index contributed by atoms with van der Waals surface area (Å²) in [6.45, 7) is 0. The highest BCUT2D eigenvalue weighted by molar-refractivity contribution is 5.73. The molecule has 3 N–H and O–H groups in total. The van der Waals surface area contributed by atoms with E-state index in [1.807, 2.05) is 0 Å². The Morgan fingerprint density at radius 2 is 1.80 bits per heavy atom. The van der Waals surface area contributed by atoms with E-state index in [-0.39, 0.29) is 6.42 Å². The van der Waals surface area contributed by atoms with Gasteiger partial charge in [-0.05, 0) is 29.7 Å². The smallest absolute Gasteiger partial charge is 0.320 e. The van der Waals surface area contributed by atoms with Gasteiger partial charge in [-0.1, -0.05) is 24.3 Å². The Balaban J connectivity index is 2.21. The van der Waals surface area contributed by atoms with Crippen LogP contribution in [0.2, 0.25) is 0 Å². The molecule has 1 unspecified atom stereocenters. The molecule has 0 radical (unpaired) electrons. The Morgan fingerprint density at radius 1 is 1.15 bits per heavy atom. The van der Waals surface area contributed by atoms with Crippen LogP contribution in [0.25, 0.3) is 11.1 Å². The Labute approximate surface area is 114 Å². The Morgan fingerprint density at radius 3 is 2.35 bits per heavy atom. The van der Waals surface area contributed by atoms with Crippen molar-refractivity contribution in [2.45, 2.75) is 12.5 Å². The van der Waals surface area contributed by atoms with Gasteiger partial charge < -0.3 is 10.8 Å². The first-order valence-corrected chi connectivity index (χ1v) is 6.00. The van der Waals surface area contributed by atoms with E-state index in [4.69, 9.17) is 10.8 Å². The van der Waals surface area contributed by atoms with Gasteiger partial charge in [-0.15, -0.1) is 0 Å². The fourth-order valence-electron chi connectivity index (χ4n) is 1.89. The van der Waals surface area contributed by atoms with Gasteiger partial charge in [0.15, 0.2) is 0 Å². The minimum absolute atomic E-state index is 0.196. The zero-order valence-corrected chi connectivity index (χ0v) is 10.5. The lowest BCUT2D eigenvalue weighted by atomic mass is 10.0. The van der Waals surface area contributed by atoms with Crippen LogP contribution in [0.4, 0.5) is 8.78 Å². The maximum absolute atomic E-state index is 13.6. The van der Waals surface area contributed by atoms with Crippen LogP contribution in [0.5, 0.6) is 0 Å². The lowest BCUT2D eigenvalue weighted by Crippen LogP contribution is -2.32. The minimum atomic E-state index is -1.07. The van der Waals surface area contributed by atoms with Gasteiger partial charge in [-0.2, -0.15) is 0 Å². The van der Waals surface area contributed by atoms with Crippen LogP contribution in [0.1, 0.15) is 5.56 Å². The second-order valence-corrected chi connectivity index (χ2v) is 4.47. The van der Waals surface area contributed by atoms with E-state index >= 15 is 0 Å². The molecule has 3 nitrogen and oxygen atoms in total. The zero-order chi connectivity index (χ0) is 14.7. The van der Waals surface area contributed by atoms with Crippen LogP contribution in [0.15, 0.2) is 42.5 Å². The molecule has 104 valence electrons. The van der Waals surface area contributed by atoms with Crippen molar-refractivity contribution >= 4 is 5.97 Å². The molecule has 2 rings (SSSR count). The van der Waals surface area contributed by atoms with Gasteiger partial charge >= 0.3 is 5.97 Å². The number of carbonyl (C=O) groups is 1. The van der Waals surface area contributed by atoms with Crippen molar-refractivity contribution in [2.75, 3.05) is 0 Å². The summed E-state index contributed by atoms with van der Waals surface area (Å²) in [6.07, 6.45) is 0.196. The van der Waals surface area contributed by atoms with Crippen molar-refractivity contribution < 1.29 is 18.7 Å². The van der Waals surface area contributed by atoms with E-state index in [0.717, 1.165) is 11.6 Å². The van der Waals surface area contributed by atoms with Crippen LogP contribution >= 0.6 is 0 Å². The van der Waals surface area contributed by atoms with Gasteiger partial charge in [0.1, 0.15) is 17.7 Å². The summed E-state index contributed by atoms with van der Waals surface area (Å²) in [4.78, 5) is 10.7. The number of nitrogens with two attached hydrogens (primary N) is 1. The fourth-order valence-corrected chi connectivity index (χ4v) is 1.89. The summed E-state index contributed by atoms with van der Waals surface area (Å²) in [5.74, 6) is -2.34. The van der Waals surface area contributed by atoms with E-state index in [1.54, 1.807) is 24.3 Å². The average Bonchev–Trinajstić information content (AvgIpc) is 2.40. The van der Waals surface area contributed by atoms with Gasteiger partial charge in [-0.25, -0.2) is 8.78 Å². The van der Waals surface area contributed by atoms with E-state index in [1.165, 1.54) is 12.1 Å². The molecule has 2 aromatic rings. The lowest BCUT2D eigenvalue weighted by Gasteiger charge is -2.08. The summed E-state index contributed by atoms with van der Waals surface area (Å²) in [7, 11) is 0. The molecule has 0 aliphatic heterocycles. The van der Waals surface area contributed by atoms with Crippen molar-refractivity contribution in [3.8, 4) is 11.1 Å². The molecule has 5 heteroatoms. The molecule has 0 saturated heterocycles. The van der Waals surface area contributed by atoms with Crippen molar-refractivity contribution in [1.82, 2.24) is 0 Å². The quantitative estimate of drug-likeness (QED) is 0.902. The first-order valence-electron chi connectivity index (χ1n) is 6.00. The molecule has 0 saturated carbocycles. The monoisotopic (exact) mass is 277 g/mol. The molecule has 0 aliphatic rings. The van der Waals surface area contributed by atoms with Crippen LogP contribution in [-0.2, 0) is 11.2 Å². The summed E-state index contributed by atoms with van der Waals surface area (Å²) in [5.41, 5.74) is 7.06. The lowest BCUT2D eigenvalue weighted by molar-refractivity contribution is -0.138. The predicted molar refractivity (Wildman–Crippen MR) is 71.1 cm³/mol. The number of benzene rings is 2. The maximum atomic E-state index is 13.6. The predicted octanol–water partition coefficient (Wildman–Crippen LogP) is 2.59. The van der Waals surface area contributed by atoms with Crippen molar-refractivity contribution in [2.24, 2.45) is 5.73 Å². The molecule has 0 spiro atoms. The third-order valence-electron chi connectivity index (χ3n) is 2.97. The van der Waals surface area contributed by atoms with Crippen molar-refractivity contribution in [3.63, 3.8) is 0 Å². The third kappa shape index (κ3) is 3.19. The van der Waals surface area contributed by atoms with Gasteiger partial charge in [0.2, 0.25) is 0 Å². The molecular weight excluding hydrogens is 264 g/mol. The molecule has 0 aliphatic carbocycles. The van der Waals surface area contributed by atoms with E-state index in [9.17, 15) is 13.6 Å². The fraction of sp³-hybridized carbons (Fsp3) is 0.133. The first-order chi connectivity index (χ1) is 9.47. The first kappa shape index (κ1) is 14.1. The number of aliphatic carboxylic acids is 1. The number of carboxylic acids is 1. The van der Waals surface area contributed by atoms with Gasteiger partial charge in [-0.3, -0.25) is 4.79 Å². The van der Waals surface area contributed by atoms with Gasteiger partial charge in [0, 0.05) is 11.6 Å². The molecule has 2 aromatic carbocycles. The number of hydrogen-bond donors (Lipinski definition) is 2. The minimum Gasteiger partial charge on any atom is -0.480 e. The highest BCUT2D eigenvalue weighted by Gasteiger charge is 2.12. The molecule has 0 heterocycles. The highest BCUT2D eigenvalue weighted by Crippen LogP contribution is 2.24. The molecule has 0 fully saturated rings. The largest absolute Gasteiger partial charge is 0.480 e.